The Morgan fingerprint density at radius 2 is 1.61 bits per heavy atom. The van der Waals surface area contributed by atoms with Crippen LogP contribution in [0.2, 0.25) is 0 Å². The molecule has 0 bridgehead atoms. The van der Waals surface area contributed by atoms with Crippen molar-refractivity contribution < 1.29 is 22.4 Å². The summed E-state index contributed by atoms with van der Waals surface area (Å²) < 4.78 is 41.9. The van der Waals surface area contributed by atoms with E-state index < -0.39 is 34.3 Å². The zero-order chi connectivity index (χ0) is 27.9. The van der Waals surface area contributed by atoms with Crippen LogP contribution in [0.3, 0.4) is 0 Å². The minimum atomic E-state index is -4.23. The van der Waals surface area contributed by atoms with Crippen molar-refractivity contribution >= 4 is 27.5 Å². The number of anilines is 1. The van der Waals surface area contributed by atoms with Gasteiger partial charge in [0.05, 0.1) is 10.6 Å². The summed E-state index contributed by atoms with van der Waals surface area (Å²) in [5.41, 5.74) is 2.10. The predicted octanol–water partition coefficient (Wildman–Crippen LogP) is 4.66. The molecule has 9 heteroatoms. The van der Waals surface area contributed by atoms with Crippen LogP contribution in [0, 0.1) is 12.7 Å². The van der Waals surface area contributed by atoms with Gasteiger partial charge in [-0.1, -0.05) is 55.0 Å². The smallest absolute Gasteiger partial charge is 0.264 e. The highest BCUT2D eigenvalue weighted by atomic mass is 32.2. The Labute approximate surface area is 224 Å². The average Bonchev–Trinajstić information content (AvgIpc) is 2.87. The van der Waals surface area contributed by atoms with Crippen LogP contribution in [-0.2, 0) is 26.2 Å². The van der Waals surface area contributed by atoms with E-state index in [2.05, 4.69) is 5.32 Å². The summed E-state index contributed by atoms with van der Waals surface area (Å²) in [7, 11) is -4.23. The molecule has 1 N–H and O–H groups in total. The van der Waals surface area contributed by atoms with Crippen LogP contribution < -0.4 is 9.62 Å². The van der Waals surface area contributed by atoms with Crippen molar-refractivity contribution in [1.29, 1.82) is 0 Å². The lowest BCUT2D eigenvalue weighted by Crippen LogP contribution is -2.53. The van der Waals surface area contributed by atoms with E-state index in [4.69, 9.17) is 0 Å². The van der Waals surface area contributed by atoms with Gasteiger partial charge in [-0.25, -0.2) is 12.8 Å². The Kier molecular flexibility index (Phi) is 9.63. The molecule has 3 rings (SSSR count). The number of benzene rings is 3. The molecular weight excluding hydrogens is 505 g/mol. The average molecular weight is 540 g/mol. The van der Waals surface area contributed by atoms with Gasteiger partial charge in [-0.2, -0.15) is 0 Å². The van der Waals surface area contributed by atoms with Crippen molar-refractivity contribution in [3.63, 3.8) is 0 Å². The lowest BCUT2D eigenvalue weighted by Gasteiger charge is -2.33. The van der Waals surface area contributed by atoms with Crippen molar-refractivity contribution in [1.82, 2.24) is 10.2 Å². The third-order valence-electron chi connectivity index (χ3n) is 5.98. The summed E-state index contributed by atoms with van der Waals surface area (Å²) in [6, 6.07) is 19.4. The van der Waals surface area contributed by atoms with Crippen LogP contribution in [0.4, 0.5) is 10.1 Å². The number of halogens is 1. The second-order valence-corrected chi connectivity index (χ2v) is 11.3. The fourth-order valence-electron chi connectivity index (χ4n) is 4.16. The molecule has 0 fully saturated rings. The third kappa shape index (κ3) is 7.19. The first-order valence-corrected chi connectivity index (χ1v) is 14.0. The number of carbonyl (C=O) groups is 2. The van der Waals surface area contributed by atoms with Crippen molar-refractivity contribution in [2.75, 3.05) is 10.8 Å². The lowest BCUT2D eigenvalue weighted by molar-refractivity contribution is -0.140. The molecule has 0 aliphatic rings. The SMILES string of the molecule is CC[C@H](C(=O)NC(C)C)N(Cc1cccc(C)c1)C(=O)CN(c1ccccc1)S(=O)(=O)c1ccc(F)cc1. The summed E-state index contributed by atoms with van der Waals surface area (Å²) in [4.78, 5) is 28.3. The van der Waals surface area contributed by atoms with E-state index in [9.17, 15) is 22.4 Å². The number of nitrogens with zero attached hydrogens (tertiary/aromatic N) is 2. The molecule has 0 radical (unpaired) electrons. The summed E-state index contributed by atoms with van der Waals surface area (Å²) in [5, 5.41) is 2.87. The van der Waals surface area contributed by atoms with E-state index in [1.54, 1.807) is 30.3 Å². The van der Waals surface area contributed by atoms with Gasteiger partial charge in [-0.05, 0) is 69.2 Å². The number of nitrogens with one attached hydrogen (secondary N) is 1. The minimum absolute atomic E-state index is 0.129. The third-order valence-corrected chi connectivity index (χ3v) is 7.77. The molecule has 3 aromatic carbocycles. The van der Waals surface area contributed by atoms with Gasteiger partial charge >= 0.3 is 0 Å². The van der Waals surface area contributed by atoms with E-state index >= 15 is 0 Å². The molecule has 0 saturated heterocycles. The second kappa shape index (κ2) is 12.7. The Morgan fingerprint density at radius 1 is 0.947 bits per heavy atom. The molecule has 1 atom stereocenters. The van der Waals surface area contributed by atoms with E-state index in [0.717, 1.165) is 27.6 Å². The first kappa shape index (κ1) is 28.8. The maximum absolute atomic E-state index is 13.9. The van der Waals surface area contributed by atoms with Crippen LogP contribution in [0.25, 0.3) is 0 Å². The molecule has 0 heterocycles. The number of carbonyl (C=O) groups excluding carboxylic acids is 2. The quantitative estimate of drug-likeness (QED) is 0.384. The van der Waals surface area contributed by atoms with Crippen LogP contribution in [0.5, 0.6) is 0 Å². The van der Waals surface area contributed by atoms with E-state index in [0.29, 0.717) is 6.42 Å². The monoisotopic (exact) mass is 539 g/mol. The van der Waals surface area contributed by atoms with Crippen LogP contribution in [0.15, 0.2) is 83.8 Å². The Balaban J connectivity index is 2.04. The number of para-hydroxylation sites is 1. The summed E-state index contributed by atoms with van der Waals surface area (Å²) in [6.07, 6.45) is 0.339. The van der Waals surface area contributed by atoms with E-state index in [1.807, 2.05) is 52.0 Å². The first-order valence-electron chi connectivity index (χ1n) is 12.5. The summed E-state index contributed by atoms with van der Waals surface area (Å²) in [5.74, 6) is -1.42. The van der Waals surface area contributed by atoms with Crippen LogP contribution >= 0.6 is 0 Å². The Morgan fingerprint density at radius 3 is 2.18 bits per heavy atom. The van der Waals surface area contributed by atoms with Crippen molar-refractivity contribution in [3.05, 3.63) is 95.8 Å². The highest BCUT2D eigenvalue weighted by molar-refractivity contribution is 7.92. The van der Waals surface area contributed by atoms with E-state index in [-0.39, 0.29) is 29.1 Å². The molecule has 3 aromatic rings. The fourth-order valence-corrected chi connectivity index (χ4v) is 5.58. The molecule has 202 valence electrons. The Hall–Kier alpha value is -3.72. The van der Waals surface area contributed by atoms with Crippen molar-refractivity contribution in [3.8, 4) is 0 Å². The van der Waals surface area contributed by atoms with E-state index in [1.165, 1.54) is 17.0 Å². The molecule has 38 heavy (non-hydrogen) atoms. The molecule has 0 aromatic heterocycles. The number of hydrogen-bond donors (Lipinski definition) is 1. The number of sulfonamides is 1. The highest BCUT2D eigenvalue weighted by Gasteiger charge is 2.33. The molecule has 0 unspecified atom stereocenters. The van der Waals surface area contributed by atoms with Crippen molar-refractivity contribution in [2.45, 2.75) is 57.6 Å². The van der Waals surface area contributed by atoms with Gasteiger partial charge in [0, 0.05) is 12.6 Å². The number of rotatable bonds is 11. The zero-order valence-corrected chi connectivity index (χ0v) is 22.9. The number of amides is 2. The van der Waals surface area contributed by atoms with Gasteiger partial charge in [0.15, 0.2) is 0 Å². The lowest BCUT2D eigenvalue weighted by atomic mass is 10.1. The first-order chi connectivity index (χ1) is 18.0. The molecule has 0 saturated carbocycles. The molecule has 0 aliphatic heterocycles. The standard InChI is InChI=1S/C29H34FN3O4S/c1-5-27(29(35)31-21(2)3)32(19-23-11-9-10-22(4)18-23)28(34)20-33(25-12-7-6-8-13-25)38(36,37)26-16-14-24(30)15-17-26/h6-18,21,27H,5,19-20H2,1-4H3,(H,31,35)/t27-/m1/s1. The van der Waals surface area contributed by atoms with Gasteiger partial charge in [0.2, 0.25) is 11.8 Å². The molecule has 0 aliphatic carbocycles. The van der Waals surface area contributed by atoms with Crippen molar-refractivity contribution in [2.24, 2.45) is 0 Å². The molecule has 7 nitrogen and oxygen atoms in total. The maximum atomic E-state index is 13.9. The van der Waals surface area contributed by atoms with Crippen LogP contribution in [0.1, 0.15) is 38.3 Å². The summed E-state index contributed by atoms with van der Waals surface area (Å²) >= 11 is 0. The number of hydrogen-bond acceptors (Lipinski definition) is 4. The number of aryl methyl sites for hydroxylation is 1. The van der Waals surface area contributed by atoms with Gasteiger partial charge < -0.3 is 10.2 Å². The molecular formula is C29H34FN3O4S. The van der Waals surface area contributed by atoms with Crippen LogP contribution in [-0.4, -0.2) is 43.8 Å². The minimum Gasteiger partial charge on any atom is -0.352 e. The molecule has 2 amide bonds. The molecule has 0 spiro atoms. The van der Waals surface area contributed by atoms with Gasteiger partial charge in [0.25, 0.3) is 10.0 Å². The normalized spacial score (nSPS) is 12.2. The van der Waals surface area contributed by atoms with Gasteiger partial charge in [-0.3, -0.25) is 13.9 Å². The van der Waals surface area contributed by atoms with Gasteiger partial charge in [-0.15, -0.1) is 0 Å². The highest BCUT2D eigenvalue weighted by Crippen LogP contribution is 2.25. The topological polar surface area (TPSA) is 86.8 Å². The zero-order valence-electron chi connectivity index (χ0n) is 22.1. The maximum Gasteiger partial charge on any atom is 0.264 e. The summed E-state index contributed by atoms with van der Waals surface area (Å²) in [6.45, 7) is 7.01. The van der Waals surface area contributed by atoms with Gasteiger partial charge in [0.1, 0.15) is 18.4 Å². The Bertz CT molecular complexity index is 1350. The predicted molar refractivity (Wildman–Crippen MR) is 146 cm³/mol. The largest absolute Gasteiger partial charge is 0.352 e. The fraction of sp³-hybridized carbons (Fsp3) is 0.310. The second-order valence-electron chi connectivity index (χ2n) is 9.40.